The van der Waals surface area contributed by atoms with Crippen molar-refractivity contribution < 1.29 is 44.8 Å². The molecule has 6 N–H and O–H groups in total. The van der Waals surface area contributed by atoms with Crippen LogP contribution in [0.25, 0.3) is 0 Å². The van der Waals surface area contributed by atoms with Gasteiger partial charge in [-0.2, -0.15) is 0 Å². The molecule has 0 aliphatic carbocycles. The molecule has 2 rings (SSSR count). The van der Waals surface area contributed by atoms with Crippen LogP contribution in [0.15, 0.2) is 0 Å². The predicted octanol–water partition coefficient (Wildman–Crippen LogP) is -4.12. The molecule has 0 spiro atoms. The molecule has 0 aromatic heterocycles. The topological polar surface area (TPSA) is 149 Å². The molecular formula is C10H18O9. The van der Waals surface area contributed by atoms with Gasteiger partial charge < -0.3 is 44.8 Å². The molecular weight excluding hydrogens is 264 g/mol. The molecule has 2 saturated heterocycles. The SMILES string of the molecule is O[C@@H]1[C@@H](O)[C@@H](O[C@@H]2[C@@H](O)[C@@H](O)CO[C@@H]2O)OC[C@@H]1O. The Hall–Kier alpha value is -0.360. The highest BCUT2D eigenvalue weighted by atomic mass is 16.7. The minimum Gasteiger partial charge on any atom is -0.388 e. The number of ether oxygens (including phenoxy) is 3. The van der Waals surface area contributed by atoms with Gasteiger partial charge in [0.25, 0.3) is 0 Å². The van der Waals surface area contributed by atoms with Crippen LogP contribution in [0.2, 0.25) is 0 Å². The largest absolute Gasteiger partial charge is 0.388 e. The molecule has 0 radical (unpaired) electrons. The Kier molecular flexibility index (Phi) is 4.71. The zero-order valence-electron chi connectivity index (χ0n) is 9.94. The Morgan fingerprint density at radius 3 is 2.00 bits per heavy atom. The molecule has 0 aromatic rings. The van der Waals surface area contributed by atoms with Crippen LogP contribution in [0.1, 0.15) is 0 Å². The summed E-state index contributed by atoms with van der Waals surface area (Å²) in [5, 5.41) is 57.0. The molecule has 9 heteroatoms. The summed E-state index contributed by atoms with van der Waals surface area (Å²) in [5.74, 6) is 0. The minimum absolute atomic E-state index is 0.252. The maximum absolute atomic E-state index is 9.68. The normalized spacial score (nSPS) is 52.1. The average Bonchev–Trinajstić information content (AvgIpc) is 2.39. The second-order valence-electron chi connectivity index (χ2n) is 4.63. The van der Waals surface area contributed by atoms with Gasteiger partial charge in [-0.1, -0.05) is 0 Å². The molecule has 0 amide bonds. The van der Waals surface area contributed by atoms with Crippen molar-refractivity contribution in [2.24, 2.45) is 0 Å². The van der Waals surface area contributed by atoms with Crippen LogP contribution in [0.5, 0.6) is 0 Å². The summed E-state index contributed by atoms with van der Waals surface area (Å²) in [4.78, 5) is 0. The summed E-state index contributed by atoms with van der Waals surface area (Å²) in [5.41, 5.74) is 0. The first kappa shape index (κ1) is 15.0. The molecule has 2 aliphatic rings. The first-order chi connectivity index (χ1) is 8.91. The standard InChI is InChI=1S/C10H18O9/c11-3-2-18-10(7(15)5(3)13)19-8-6(14)4(12)1-17-9(8)16/h3-16H,1-2H2/t3-,4-,5-,6-,7+,8+,9-,10+/m0/s1. The fourth-order valence-electron chi connectivity index (χ4n) is 1.98. The van der Waals surface area contributed by atoms with Gasteiger partial charge >= 0.3 is 0 Å². The molecule has 0 unspecified atom stereocenters. The molecule has 0 bridgehead atoms. The van der Waals surface area contributed by atoms with Crippen LogP contribution >= 0.6 is 0 Å². The van der Waals surface area contributed by atoms with Gasteiger partial charge in [-0.15, -0.1) is 0 Å². The third-order valence-electron chi connectivity index (χ3n) is 3.20. The number of rotatable bonds is 2. The van der Waals surface area contributed by atoms with Crippen LogP contribution in [-0.4, -0.2) is 93.1 Å². The lowest BCUT2D eigenvalue weighted by atomic mass is 10.0. The second kappa shape index (κ2) is 5.95. The van der Waals surface area contributed by atoms with E-state index in [4.69, 9.17) is 14.2 Å². The Balaban J connectivity index is 1.99. The van der Waals surface area contributed by atoms with Crippen molar-refractivity contribution in [2.45, 2.75) is 49.2 Å². The average molecular weight is 282 g/mol. The molecule has 0 saturated carbocycles. The highest BCUT2D eigenvalue weighted by molar-refractivity contribution is 4.87. The van der Waals surface area contributed by atoms with E-state index in [0.29, 0.717) is 0 Å². The van der Waals surface area contributed by atoms with Gasteiger partial charge in [0.2, 0.25) is 0 Å². The van der Waals surface area contributed by atoms with Crippen molar-refractivity contribution in [1.29, 1.82) is 0 Å². The summed E-state index contributed by atoms with van der Waals surface area (Å²) < 4.78 is 14.9. The fraction of sp³-hybridized carbons (Fsp3) is 1.00. The third-order valence-corrected chi connectivity index (χ3v) is 3.20. The van der Waals surface area contributed by atoms with Gasteiger partial charge in [-0.3, -0.25) is 0 Å². The lowest BCUT2D eigenvalue weighted by molar-refractivity contribution is -0.336. The smallest absolute Gasteiger partial charge is 0.186 e. The van der Waals surface area contributed by atoms with Crippen LogP contribution < -0.4 is 0 Å². The summed E-state index contributed by atoms with van der Waals surface area (Å²) in [7, 11) is 0. The Labute approximate surface area is 108 Å². The van der Waals surface area contributed by atoms with E-state index >= 15 is 0 Å². The Bertz CT molecular complexity index is 301. The Morgan fingerprint density at radius 2 is 1.32 bits per heavy atom. The van der Waals surface area contributed by atoms with E-state index < -0.39 is 49.2 Å². The summed E-state index contributed by atoms with van der Waals surface area (Å²) >= 11 is 0. The molecule has 8 atom stereocenters. The summed E-state index contributed by atoms with van der Waals surface area (Å²) in [6, 6.07) is 0. The maximum Gasteiger partial charge on any atom is 0.186 e. The fourth-order valence-corrected chi connectivity index (χ4v) is 1.98. The van der Waals surface area contributed by atoms with Gasteiger partial charge in [-0.25, -0.2) is 0 Å². The predicted molar refractivity (Wildman–Crippen MR) is 56.6 cm³/mol. The van der Waals surface area contributed by atoms with E-state index in [-0.39, 0.29) is 13.2 Å². The molecule has 19 heavy (non-hydrogen) atoms. The third kappa shape index (κ3) is 3.05. The highest BCUT2D eigenvalue weighted by Gasteiger charge is 2.45. The zero-order valence-corrected chi connectivity index (χ0v) is 9.94. The molecule has 0 aromatic carbocycles. The van der Waals surface area contributed by atoms with Crippen LogP contribution in [0.3, 0.4) is 0 Å². The van der Waals surface area contributed by atoms with Crippen molar-refractivity contribution in [3.63, 3.8) is 0 Å². The van der Waals surface area contributed by atoms with E-state index in [1.807, 2.05) is 0 Å². The van der Waals surface area contributed by atoms with Crippen molar-refractivity contribution in [3.8, 4) is 0 Å². The first-order valence-electron chi connectivity index (χ1n) is 5.89. The van der Waals surface area contributed by atoms with E-state index in [0.717, 1.165) is 0 Å². The molecule has 2 fully saturated rings. The lowest BCUT2D eigenvalue weighted by Crippen LogP contribution is -2.60. The van der Waals surface area contributed by atoms with Crippen molar-refractivity contribution >= 4 is 0 Å². The van der Waals surface area contributed by atoms with Gasteiger partial charge in [0.05, 0.1) is 13.2 Å². The van der Waals surface area contributed by atoms with Crippen molar-refractivity contribution in [1.82, 2.24) is 0 Å². The quantitative estimate of drug-likeness (QED) is 0.297. The van der Waals surface area contributed by atoms with Gasteiger partial charge in [0, 0.05) is 0 Å². The van der Waals surface area contributed by atoms with Crippen LogP contribution in [0.4, 0.5) is 0 Å². The number of hydrogen-bond acceptors (Lipinski definition) is 9. The lowest BCUT2D eigenvalue weighted by Gasteiger charge is -2.41. The second-order valence-corrected chi connectivity index (χ2v) is 4.63. The monoisotopic (exact) mass is 282 g/mol. The molecule has 2 aliphatic heterocycles. The van der Waals surface area contributed by atoms with Gasteiger partial charge in [0.15, 0.2) is 12.6 Å². The molecule has 2 heterocycles. The highest BCUT2D eigenvalue weighted by Crippen LogP contribution is 2.23. The van der Waals surface area contributed by atoms with E-state index in [2.05, 4.69) is 0 Å². The van der Waals surface area contributed by atoms with Gasteiger partial charge in [-0.05, 0) is 0 Å². The van der Waals surface area contributed by atoms with E-state index in [1.165, 1.54) is 0 Å². The van der Waals surface area contributed by atoms with Crippen molar-refractivity contribution in [2.75, 3.05) is 13.2 Å². The van der Waals surface area contributed by atoms with Gasteiger partial charge in [0.1, 0.15) is 36.6 Å². The maximum atomic E-state index is 9.68. The van der Waals surface area contributed by atoms with Crippen LogP contribution in [0, 0.1) is 0 Å². The van der Waals surface area contributed by atoms with Crippen molar-refractivity contribution in [3.05, 3.63) is 0 Å². The van der Waals surface area contributed by atoms with E-state index in [1.54, 1.807) is 0 Å². The number of aliphatic hydroxyl groups excluding tert-OH is 6. The molecule has 9 nitrogen and oxygen atoms in total. The zero-order chi connectivity index (χ0) is 14.2. The number of hydrogen-bond donors (Lipinski definition) is 6. The van der Waals surface area contributed by atoms with E-state index in [9.17, 15) is 30.6 Å². The van der Waals surface area contributed by atoms with Crippen LogP contribution in [-0.2, 0) is 14.2 Å². The summed E-state index contributed by atoms with van der Waals surface area (Å²) in [6.45, 7) is -0.525. The Morgan fingerprint density at radius 1 is 0.737 bits per heavy atom. The molecule has 112 valence electrons. The number of aliphatic hydroxyl groups is 6. The summed E-state index contributed by atoms with van der Waals surface area (Å²) in [6.07, 6.45) is -11.2. The first-order valence-corrected chi connectivity index (χ1v) is 5.89. The minimum atomic E-state index is -1.55.